The highest BCUT2D eigenvalue weighted by atomic mass is 32.2. The maximum atomic E-state index is 12.7. The maximum Gasteiger partial charge on any atom is 0.244 e. The number of aryl methyl sites for hydroxylation is 1. The summed E-state index contributed by atoms with van der Waals surface area (Å²) in [6.45, 7) is 4.99. The van der Waals surface area contributed by atoms with Crippen LogP contribution < -0.4 is 9.46 Å². The first-order chi connectivity index (χ1) is 13.0. The molecule has 6 nitrogen and oxygen atoms in total. The summed E-state index contributed by atoms with van der Waals surface area (Å²) in [5.74, 6) is 0.351. The van der Waals surface area contributed by atoms with Crippen LogP contribution in [0.2, 0.25) is 0 Å². The quantitative estimate of drug-likeness (QED) is 0.786. The molecule has 0 aliphatic carbocycles. The second-order valence-corrected chi connectivity index (χ2v) is 8.36. The Bertz CT molecular complexity index is 856. The number of benzene rings is 2. The zero-order valence-electron chi connectivity index (χ0n) is 15.7. The molecule has 1 aliphatic rings. The molecule has 27 heavy (non-hydrogen) atoms. The van der Waals surface area contributed by atoms with E-state index in [9.17, 15) is 8.42 Å². The van der Waals surface area contributed by atoms with E-state index >= 15 is 0 Å². The molecule has 1 unspecified atom stereocenters. The summed E-state index contributed by atoms with van der Waals surface area (Å²) >= 11 is 0. The van der Waals surface area contributed by atoms with Crippen molar-refractivity contribution in [2.45, 2.75) is 17.9 Å². The van der Waals surface area contributed by atoms with E-state index in [2.05, 4.69) is 21.8 Å². The van der Waals surface area contributed by atoms with Gasteiger partial charge >= 0.3 is 0 Å². The summed E-state index contributed by atoms with van der Waals surface area (Å²) < 4.78 is 39.1. The van der Waals surface area contributed by atoms with Crippen molar-refractivity contribution in [3.05, 3.63) is 59.7 Å². The molecule has 2 aromatic carbocycles. The minimum absolute atomic E-state index is 0.0217. The molecule has 0 saturated carbocycles. The molecule has 3 rings (SSSR count). The van der Waals surface area contributed by atoms with Crippen molar-refractivity contribution in [2.24, 2.45) is 0 Å². The predicted octanol–water partition coefficient (Wildman–Crippen LogP) is 2.36. The van der Waals surface area contributed by atoms with Crippen molar-refractivity contribution in [2.75, 3.05) is 39.9 Å². The van der Waals surface area contributed by atoms with E-state index in [1.807, 2.05) is 31.2 Å². The smallest absolute Gasteiger partial charge is 0.244 e. The Hall–Kier alpha value is -1.93. The van der Waals surface area contributed by atoms with E-state index in [1.165, 1.54) is 7.11 Å². The van der Waals surface area contributed by atoms with Gasteiger partial charge in [0.25, 0.3) is 0 Å². The number of hydrogen-bond acceptors (Lipinski definition) is 5. The summed E-state index contributed by atoms with van der Waals surface area (Å²) in [6.07, 6.45) is 0.0217. The van der Waals surface area contributed by atoms with Crippen LogP contribution in [0, 0.1) is 6.92 Å². The number of hydrogen-bond donors (Lipinski definition) is 1. The van der Waals surface area contributed by atoms with Crippen molar-refractivity contribution in [1.29, 1.82) is 0 Å². The summed E-state index contributed by atoms with van der Waals surface area (Å²) in [7, 11) is -2.15. The van der Waals surface area contributed by atoms with Crippen LogP contribution in [0.3, 0.4) is 0 Å². The third-order valence-corrected chi connectivity index (χ3v) is 6.13. The van der Waals surface area contributed by atoms with E-state index in [0.717, 1.165) is 24.2 Å². The second-order valence-electron chi connectivity index (χ2n) is 6.62. The van der Waals surface area contributed by atoms with Crippen LogP contribution in [0.15, 0.2) is 53.4 Å². The summed E-state index contributed by atoms with van der Waals surface area (Å²) in [6, 6.07) is 15.2. The molecule has 0 bridgehead atoms. The minimum Gasteiger partial charge on any atom is -0.495 e. The molecule has 0 spiro atoms. The molecule has 0 radical (unpaired) electrons. The monoisotopic (exact) mass is 390 g/mol. The van der Waals surface area contributed by atoms with Gasteiger partial charge in [0.05, 0.1) is 19.8 Å². The maximum absolute atomic E-state index is 12.7. The topological polar surface area (TPSA) is 67.9 Å². The molecule has 1 N–H and O–H groups in total. The van der Waals surface area contributed by atoms with E-state index in [0.29, 0.717) is 25.4 Å². The van der Waals surface area contributed by atoms with Gasteiger partial charge in [0.15, 0.2) is 0 Å². The molecule has 1 aliphatic heterocycles. The van der Waals surface area contributed by atoms with Crippen LogP contribution in [0.5, 0.6) is 5.75 Å². The Balaban J connectivity index is 1.58. The van der Waals surface area contributed by atoms with Gasteiger partial charge in [-0.15, -0.1) is 0 Å². The molecule has 1 saturated heterocycles. The Labute approximate surface area is 161 Å². The number of morpholine rings is 1. The Morgan fingerprint density at radius 1 is 1.22 bits per heavy atom. The van der Waals surface area contributed by atoms with Crippen molar-refractivity contribution >= 4 is 10.0 Å². The number of nitrogens with zero attached hydrogens (tertiary/aromatic N) is 1. The van der Waals surface area contributed by atoms with Gasteiger partial charge in [-0.2, -0.15) is 0 Å². The Morgan fingerprint density at radius 2 is 2.00 bits per heavy atom. The van der Waals surface area contributed by atoms with Gasteiger partial charge in [-0.1, -0.05) is 36.4 Å². The van der Waals surface area contributed by atoms with Crippen LogP contribution in [-0.4, -0.2) is 53.2 Å². The summed E-state index contributed by atoms with van der Waals surface area (Å²) in [5, 5.41) is 0. The number of ether oxygens (including phenoxy) is 2. The highest BCUT2D eigenvalue weighted by molar-refractivity contribution is 7.89. The first-order valence-electron chi connectivity index (χ1n) is 9.03. The van der Waals surface area contributed by atoms with E-state index < -0.39 is 10.0 Å². The largest absolute Gasteiger partial charge is 0.495 e. The van der Waals surface area contributed by atoms with Crippen LogP contribution in [0.4, 0.5) is 0 Å². The van der Waals surface area contributed by atoms with E-state index in [-0.39, 0.29) is 11.0 Å². The molecular weight excluding hydrogens is 364 g/mol. The highest BCUT2D eigenvalue weighted by Crippen LogP contribution is 2.25. The lowest BCUT2D eigenvalue weighted by atomic mass is 10.1. The second kappa shape index (κ2) is 8.84. The Morgan fingerprint density at radius 3 is 2.74 bits per heavy atom. The van der Waals surface area contributed by atoms with Gasteiger partial charge in [-0.3, -0.25) is 4.90 Å². The molecule has 2 aromatic rings. The zero-order chi connectivity index (χ0) is 19.3. The average Bonchev–Trinajstić information content (AvgIpc) is 2.69. The lowest BCUT2D eigenvalue weighted by molar-refractivity contribution is -0.0291. The molecular formula is C20H26N2O4S. The lowest BCUT2D eigenvalue weighted by Crippen LogP contribution is -2.42. The molecule has 0 amide bonds. The first kappa shape index (κ1) is 19.8. The zero-order valence-corrected chi connectivity index (χ0v) is 16.5. The van der Waals surface area contributed by atoms with Gasteiger partial charge in [0.2, 0.25) is 10.0 Å². The van der Waals surface area contributed by atoms with Crippen molar-refractivity contribution < 1.29 is 17.9 Å². The minimum atomic E-state index is -3.62. The summed E-state index contributed by atoms with van der Waals surface area (Å²) in [4.78, 5) is 2.39. The van der Waals surface area contributed by atoms with Crippen LogP contribution >= 0.6 is 0 Å². The number of methoxy groups -OCH3 is 1. The fraction of sp³-hybridized carbons (Fsp3) is 0.400. The molecule has 1 fully saturated rings. The number of rotatable bonds is 7. The SMILES string of the molecule is COc1ccc(C)cc1S(=O)(=O)NCCN1CCOC(c2ccccc2)C1. The third kappa shape index (κ3) is 5.07. The standard InChI is InChI=1S/C20H26N2O4S/c1-16-8-9-18(25-2)20(14-16)27(23,24)21-10-11-22-12-13-26-19(15-22)17-6-4-3-5-7-17/h3-9,14,19,21H,10-13,15H2,1-2H3. The summed E-state index contributed by atoms with van der Waals surface area (Å²) in [5.41, 5.74) is 2.02. The fourth-order valence-corrected chi connectivity index (χ4v) is 4.46. The van der Waals surface area contributed by atoms with E-state index in [4.69, 9.17) is 9.47 Å². The van der Waals surface area contributed by atoms with Crippen LogP contribution in [0.1, 0.15) is 17.2 Å². The predicted molar refractivity (Wildman–Crippen MR) is 104 cm³/mol. The highest BCUT2D eigenvalue weighted by Gasteiger charge is 2.23. The third-order valence-electron chi connectivity index (χ3n) is 4.65. The normalized spacial score (nSPS) is 18.4. The molecule has 0 aromatic heterocycles. The first-order valence-corrected chi connectivity index (χ1v) is 10.5. The van der Waals surface area contributed by atoms with Gasteiger partial charge in [0, 0.05) is 26.2 Å². The fourth-order valence-electron chi connectivity index (χ4n) is 3.18. The Kier molecular flexibility index (Phi) is 6.49. The van der Waals surface area contributed by atoms with Crippen LogP contribution in [-0.2, 0) is 14.8 Å². The van der Waals surface area contributed by atoms with Crippen molar-refractivity contribution in [1.82, 2.24) is 9.62 Å². The molecule has 1 atom stereocenters. The van der Waals surface area contributed by atoms with Gasteiger partial charge in [0.1, 0.15) is 10.6 Å². The van der Waals surface area contributed by atoms with Crippen molar-refractivity contribution in [3.63, 3.8) is 0 Å². The van der Waals surface area contributed by atoms with Gasteiger partial charge < -0.3 is 9.47 Å². The molecule has 7 heteroatoms. The molecule has 1 heterocycles. The van der Waals surface area contributed by atoms with Gasteiger partial charge in [-0.25, -0.2) is 13.1 Å². The number of nitrogens with one attached hydrogen (secondary N) is 1. The van der Waals surface area contributed by atoms with Crippen molar-refractivity contribution in [3.8, 4) is 5.75 Å². The lowest BCUT2D eigenvalue weighted by Gasteiger charge is -2.33. The van der Waals surface area contributed by atoms with Gasteiger partial charge in [-0.05, 0) is 30.2 Å². The molecule has 146 valence electrons. The van der Waals surface area contributed by atoms with Crippen LogP contribution in [0.25, 0.3) is 0 Å². The van der Waals surface area contributed by atoms with E-state index in [1.54, 1.807) is 12.1 Å². The number of sulfonamides is 1. The average molecular weight is 391 g/mol.